The van der Waals surface area contributed by atoms with Crippen LogP contribution in [0.15, 0.2) is 72.5 Å². The Morgan fingerprint density at radius 1 is 1.16 bits per heavy atom. The van der Waals surface area contributed by atoms with E-state index in [9.17, 15) is 10.1 Å². The average molecular weight is 414 g/mol. The highest BCUT2D eigenvalue weighted by atomic mass is 16.5. The zero-order valence-corrected chi connectivity index (χ0v) is 18.1. The predicted octanol–water partition coefficient (Wildman–Crippen LogP) is 3.57. The number of amides is 1. The number of hydrogen-bond donors (Lipinski definition) is 1. The minimum Gasteiger partial charge on any atom is -0.497 e. The van der Waals surface area contributed by atoms with Crippen molar-refractivity contribution < 1.29 is 9.53 Å². The number of benzene rings is 2. The van der Waals surface area contributed by atoms with E-state index in [1.807, 2.05) is 55.5 Å². The first-order valence-corrected chi connectivity index (χ1v) is 9.92. The van der Waals surface area contributed by atoms with Crippen molar-refractivity contribution in [1.82, 2.24) is 4.57 Å². The van der Waals surface area contributed by atoms with E-state index in [1.165, 1.54) is 0 Å². The maximum absolute atomic E-state index is 10.4. The average Bonchev–Trinajstić information content (AvgIpc) is 3.09. The van der Waals surface area contributed by atoms with Gasteiger partial charge in [0.1, 0.15) is 11.8 Å². The first-order valence-electron chi connectivity index (χ1n) is 9.92. The van der Waals surface area contributed by atoms with Gasteiger partial charge in [-0.3, -0.25) is 4.79 Å². The lowest BCUT2D eigenvalue weighted by atomic mass is 10.1. The van der Waals surface area contributed by atoms with Crippen LogP contribution in [-0.2, 0) is 11.3 Å². The van der Waals surface area contributed by atoms with E-state index in [4.69, 9.17) is 10.5 Å². The summed E-state index contributed by atoms with van der Waals surface area (Å²) in [5.74, 6) is 0.372. The Labute approximate surface area is 183 Å². The number of nitriles is 1. The molecule has 2 aromatic carbocycles. The maximum Gasteiger partial charge on any atom is 0.248 e. The molecule has 5 nitrogen and oxygen atoms in total. The third-order valence-corrected chi connectivity index (χ3v) is 4.74. The van der Waals surface area contributed by atoms with Gasteiger partial charge in [-0.1, -0.05) is 55.1 Å². The van der Waals surface area contributed by atoms with Crippen LogP contribution in [0.1, 0.15) is 29.8 Å². The first kappa shape index (κ1) is 23.2. The molecule has 0 atom stereocenters. The molecule has 0 spiro atoms. The summed E-state index contributed by atoms with van der Waals surface area (Å²) in [6.45, 7) is 8.84. The van der Waals surface area contributed by atoms with Crippen molar-refractivity contribution in [3.8, 4) is 17.3 Å². The number of primary amides is 1. The summed E-state index contributed by atoms with van der Waals surface area (Å²) in [6, 6.07) is 21.0. The molecule has 31 heavy (non-hydrogen) atoms. The van der Waals surface area contributed by atoms with Crippen LogP contribution in [0.5, 0.6) is 0 Å². The summed E-state index contributed by atoms with van der Waals surface area (Å²) in [5, 5.41) is 11.2. The van der Waals surface area contributed by atoms with Crippen LogP contribution in [0.25, 0.3) is 23.9 Å². The van der Waals surface area contributed by atoms with Gasteiger partial charge in [-0.25, -0.2) is 0 Å². The SMILES string of the molecule is C=c1c(C#N)c(-c2ccccc2)n(CC)/c1=C/C(=C\C)OC.NC(=O)c1ccccc1. The van der Waals surface area contributed by atoms with E-state index in [2.05, 4.69) is 24.1 Å². The predicted molar refractivity (Wildman–Crippen MR) is 125 cm³/mol. The third kappa shape index (κ3) is 5.52. The number of allylic oxidation sites excluding steroid dienone is 2. The van der Waals surface area contributed by atoms with E-state index >= 15 is 0 Å². The van der Waals surface area contributed by atoms with Gasteiger partial charge in [-0.2, -0.15) is 5.26 Å². The van der Waals surface area contributed by atoms with Gasteiger partial charge in [0, 0.05) is 23.4 Å². The first-order chi connectivity index (χ1) is 15.0. The second kappa shape index (κ2) is 11.2. The van der Waals surface area contributed by atoms with E-state index in [-0.39, 0.29) is 5.91 Å². The number of nitrogens with two attached hydrogens (primary N) is 1. The standard InChI is InChI=1S/C19H20N2O.C7H7NO/c1-5-16(22-4)12-18-14(3)17(13-20)19(21(18)6-2)15-10-8-7-9-11-15;8-7(9)6-4-2-1-3-5-6/h5,7-12H,3,6H2,1-2,4H3;1-5H,(H2,8,9)/b16-5+,18-12+;. The van der Waals surface area contributed by atoms with Crippen molar-refractivity contribution >= 4 is 18.6 Å². The van der Waals surface area contributed by atoms with Gasteiger partial charge in [0.25, 0.3) is 0 Å². The van der Waals surface area contributed by atoms with E-state index in [1.54, 1.807) is 31.4 Å². The second-order valence-corrected chi connectivity index (χ2v) is 6.58. The molecule has 0 unspecified atom stereocenters. The molecule has 0 saturated heterocycles. The Kier molecular flexibility index (Phi) is 8.41. The molecule has 1 aromatic heterocycles. The van der Waals surface area contributed by atoms with Crippen molar-refractivity contribution in [1.29, 1.82) is 5.26 Å². The molecule has 0 aliphatic rings. The fourth-order valence-corrected chi connectivity index (χ4v) is 3.20. The minimum atomic E-state index is -0.379. The second-order valence-electron chi connectivity index (χ2n) is 6.58. The number of hydrogen-bond acceptors (Lipinski definition) is 3. The maximum atomic E-state index is 10.4. The molecule has 0 bridgehead atoms. The third-order valence-electron chi connectivity index (χ3n) is 4.74. The Bertz CT molecular complexity index is 1200. The lowest BCUT2D eigenvalue weighted by Gasteiger charge is -2.08. The van der Waals surface area contributed by atoms with Crippen molar-refractivity contribution in [2.75, 3.05) is 7.11 Å². The monoisotopic (exact) mass is 413 g/mol. The summed E-state index contributed by atoms with van der Waals surface area (Å²) in [4.78, 5) is 10.4. The van der Waals surface area contributed by atoms with E-state index in [0.717, 1.165) is 34.1 Å². The quantitative estimate of drug-likeness (QED) is 0.649. The van der Waals surface area contributed by atoms with Crippen molar-refractivity contribution in [2.45, 2.75) is 20.4 Å². The van der Waals surface area contributed by atoms with Crippen LogP contribution >= 0.6 is 0 Å². The largest absolute Gasteiger partial charge is 0.497 e. The molecule has 0 aliphatic carbocycles. The molecule has 0 aliphatic heterocycles. The molecule has 3 aromatic rings. The smallest absolute Gasteiger partial charge is 0.248 e. The van der Waals surface area contributed by atoms with Crippen LogP contribution in [0.4, 0.5) is 0 Å². The summed E-state index contributed by atoms with van der Waals surface area (Å²) in [5.41, 5.74) is 8.07. The van der Waals surface area contributed by atoms with Crippen LogP contribution in [0, 0.1) is 11.3 Å². The van der Waals surface area contributed by atoms with Gasteiger partial charge in [-0.05, 0) is 37.6 Å². The Balaban J connectivity index is 0.000000316. The molecule has 158 valence electrons. The van der Waals surface area contributed by atoms with Crippen molar-refractivity contribution in [3.05, 3.63) is 94.2 Å². The van der Waals surface area contributed by atoms with Crippen LogP contribution in [0.2, 0.25) is 0 Å². The number of ether oxygens (including phenoxy) is 1. The number of aromatic nitrogens is 1. The van der Waals surface area contributed by atoms with E-state index < -0.39 is 0 Å². The normalized spacial score (nSPS) is 11.3. The lowest BCUT2D eigenvalue weighted by molar-refractivity contribution is 0.100. The van der Waals surface area contributed by atoms with Gasteiger partial charge >= 0.3 is 0 Å². The Morgan fingerprint density at radius 2 is 1.74 bits per heavy atom. The highest BCUT2D eigenvalue weighted by Gasteiger charge is 2.14. The van der Waals surface area contributed by atoms with Gasteiger partial charge in [-0.15, -0.1) is 0 Å². The number of rotatable bonds is 5. The highest BCUT2D eigenvalue weighted by molar-refractivity contribution is 5.92. The van der Waals surface area contributed by atoms with Crippen LogP contribution in [-0.4, -0.2) is 17.6 Å². The van der Waals surface area contributed by atoms with E-state index in [0.29, 0.717) is 11.1 Å². The Morgan fingerprint density at radius 3 is 2.16 bits per heavy atom. The zero-order chi connectivity index (χ0) is 22.8. The summed E-state index contributed by atoms with van der Waals surface area (Å²) in [7, 11) is 1.64. The van der Waals surface area contributed by atoms with Gasteiger partial charge in [0.15, 0.2) is 0 Å². The molecule has 1 amide bonds. The Hall–Kier alpha value is -4.04. The fourth-order valence-electron chi connectivity index (χ4n) is 3.20. The molecular weight excluding hydrogens is 386 g/mol. The van der Waals surface area contributed by atoms with Crippen LogP contribution in [0.3, 0.4) is 0 Å². The molecule has 5 heteroatoms. The molecule has 0 radical (unpaired) electrons. The van der Waals surface area contributed by atoms with Gasteiger partial charge < -0.3 is 15.0 Å². The van der Waals surface area contributed by atoms with Gasteiger partial charge in [0.2, 0.25) is 5.91 Å². The topological polar surface area (TPSA) is 81.0 Å². The van der Waals surface area contributed by atoms with Gasteiger partial charge in [0.05, 0.1) is 23.7 Å². The number of carbonyl (C=O) groups excluding carboxylic acids is 1. The summed E-state index contributed by atoms with van der Waals surface area (Å²) in [6.07, 6.45) is 3.82. The number of methoxy groups -OCH3 is 1. The fraction of sp³-hybridized carbons (Fsp3) is 0.154. The number of nitrogens with zero attached hydrogens (tertiary/aromatic N) is 2. The van der Waals surface area contributed by atoms with Crippen LogP contribution < -0.4 is 16.3 Å². The highest BCUT2D eigenvalue weighted by Crippen LogP contribution is 2.20. The zero-order valence-electron chi connectivity index (χ0n) is 18.1. The lowest BCUT2D eigenvalue weighted by Crippen LogP contribution is -2.29. The summed E-state index contributed by atoms with van der Waals surface area (Å²) >= 11 is 0. The van der Waals surface area contributed by atoms with Crippen molar-refractivity contribution in [3.63, 3.8) is 0 Å². The molecule has 2 N–H and O–H groups in total. The van der Waals surface area contributed by atoms with Crippen molar-refractivity contribution in [2.24, 2.45) is 5.73 Å². The molecule has 1 heterocycles. The number of carbonyl (C=O) groups is 1. The molecule has 3 rings (SSSR count). The molecule has 0 fully saturated rings. The molecular formula is C26H27N3O2. The molecule has 0 saturated carbocycles. The minimum absolute atomic E-state index is 0.379. The summed E-state index contributed by atoms with van der Waals surface area (Å²) < 4.78 is 7.44.